The molecule has 0 unspecified atom stereocenters. The highest BCUT2D eigenvalue weighted by molar-refractivity contribution is 6.62. The third kappa shape index (κ3) is 3.29. The summed E-state index contributed by atoms with van der Waals surface area (Å²) in [6.07, 6.45) is 6.90. The second kappa shape index (κ2) is 6.38. The Bertz CT molecular complexity index is 632. The van der Waals surface area contributed by atoms with Gasteiger partial charge in [-0.3, -0.25) is 0 Å². The van der Waals surface area contributed by atoms with E-state index in [9.17, 15) is 5.26 Å². The van der Waals surface area contributed by atoms with Gasteiger partial charge in [0.15, 0.2) is 0 Å². The molecule has 24 heavy (non-hydrogen) atoms. The summed E-state index contributed by atoms with van der Waals surface area (Å²) < 4.78 is 12.1. The van der Waals surface area contributed by atoms with Crippen LogP contribution >= 0.6 is 0 Å². The Morgan fingerprint density at radius 1 is 1.25 bits per heavy atom. The lowest BCUT2D eigenvalue weighted by Crippen LogP contribution is -2.41. The van der Waals surface area contributed by atoms with Crippen molar-refractivity contribution in [1.82, 2.24) is 4.98 Å². The molecule has 1 aromatic heterocycles. The van der Waals surface area contributed by atoms with E-state index in [1.165, 1.54) is 25.7 Å². The number of hydrogen-bond donors (Lipinski definition) is 1. The lowest BCUT2D eigenvalue weighted by molar-refractivity contribution is 0.00578. The molecular formula is C18H26BN3O2. The summed E-state index contributed by atoms with van der Waals surface area (Å²) in [7, 11) is -0.488. The van der Waals surface area contributed by atoms with Gasteiger partial charge in [-0.05, 0) is 52.5 Å². The maximum atomic E-state index is 9.47. The number of rotatable bonds is 4. The molecule has 5 nitrogen and oxygen atoms in total. The van der Waals surface area contributed by atoms with Crippen LogP contribution < -0.4 is 10.8 Å². The van der Waals surface area contributed by atoms with Crippen LogP contribution in [0.15, 0.2) is 12.3 Å². The third-order valence-corrected chi connectivity index (χ3v) is 5.59. The van der Waals surface area contributed by atoms with Gasteiger partial charge in [0.25, 0.3) is 0 Å². The average Bonchev–Trinajstić information content (AvgIpc) is 3.11. The molecule has 2 aliphatic rings. The molecule has 2 heterocycles. The van der Waals surface area contributed by atoms with Gasteiger partial charge >= 0.3 is 7.12 Å². The highest BCUT2D eigenvalue weighted by atomic mass is 16.7. The molecule has 128 valence electrons. The predicted molar refractivity (Wildman–Crippen MR) is 95.1 cm³/mol. The van der Waals surface area contributed by atoms with Crippen molar-refractivity contribution in [2.45, 2.75) is 64.6 Å². The van der Waals surface area contributed by atoms with E-state index >= 15 is 0 Å². The molecule has 1 aliphatic heterocycles. The quantitative estimate of drug-likeness (QED) is 0.862. The minimum absolute atomic E-state index is 0.399. The fourth-order valence-electron chi connectivity index (χ4n) is 3.27. The third-order valence-electron chi connectivity index (χ3n) is 5.59. The summed E-state index contributed by atoms with van der Waals surface area (Å²) in [6, 6.07) is 4.07. The number of nitriles is 1. The van der Waals surface area contributed by atoms with Gasteiger partial charge in [0.2, 0.25) is 0 Å². The topological polar surface area (TPSA) is 67.2 Å². The van der Waals surface area contributed by atoms with Crippen LogP contribution in [0.25, 0.3) is 0 Å². The van der Waals surface area contributed by atoms with Crippen LogP contribution in [0.2, 0.25) is 0 Å². The number of anilines is 1. The fraction of sp³-hybridized carbons (Fsp3) is 0.667. The summed E-state index contributed by atoms with van der Waals surface area (Å²) in [5.74, 6) is 1.35. The van der Waals surface area contributed by atoms with Gasteiger partial charge in [0.1, 0.15) is 11.9 Å². The fourth-order valence-corrected chi connectivity index (χ4v) is 3.27. The van der Waals surface area contributed by atoms with Crippen molar-refractivity contribution in [3.8, 4) is 6.07 Å². The molecule has 0 spiro atoms. The molecule has 0 amide bonds. The maximum absolute atomic E-state index is 9.47. The first-order valence-electron chi connectivity index (χ1n) is 8.82. The Morgan fingerprint density at radius 2 is 1.88 bits per heavy atom. The van der Waals surface area contributed by atoms with Crippen molar-refractivity contribution < 1.29 is 9.31 Å². The normalized spacial score (nSPS) is 22.5. The molecule has 1 saturated heterocycles. The van der Waals surface area contributed by atoms with Gasteiger partial charge in [-0.25, -0.2) is 4.98 Å². The highest BCUT2D eigenvalue weighted by Crippen LogP contribution is 2.36. The van der Waals surface area contributed by atoms with E-state index in [1.807, 2.05) is 33.8 Å². The van der Waals surface area contributed by atoms with Crippen molar-refractivity contribution in [1.29, 1.82) is 5.26 Å². The van der Waals surface area contributed by atoms with Crippen LogP contribution in [0.1, 0.15) is 58.9 Å². The summed E-state index contributed by atoms with van der Waals surface area (Å²) >= 11 is 0. The standard InChI is InChI=1S/C18H26BN3O2/c1-17(2)18(3,4)24-19(23-17)15-9-14(10-20)16(22-12-15)21-11-13-7-5-6-8-13/h9,12-13H,5-8,11H2,1-4H3,(H,21,22). The maximum Gasteiger partial charge on any atom is 0.496 e. The summed E-state index contributed by atoms with van der Waals surface area (Å²) in [5.41, 5.74) is 0.533. The number of aromatic nitrogens is 1. The number of pyridine rings is 1. The summed E-state index contributed by atoms with van der Waals surface area (Å²) in [4.78, 5) is 4.46. The number of nitrogens with one attached hydrogen (secondary N) is 1. The minimum atomic E-state index is -0.488. The molecule has 0 bridgehead atoms. The first-order chi connectivity index (χ1) is 11.3. The molecule has 0 atom stereocenters. The van der Waals surface area contributed by atoms with E-state index in [1.54, 1.807) is 6.20 Å². The molecule has 1 N–H and O–H groups in total. The van der Waals surface area contributed by atoms with E-state index in [-0.39, 0.29) is 0 Å². The van der Waals surface area contributed by atoms with Crippen molar-refractivity contribution in [2.75, 3.05) is 11.9 Å². The lowest BCUT2D eigenvalue weighted by Gasteiger charge is -2.32. The van der Waals surface area contributed by atoms with Gasteiger partial charge in [-0.2, -0.15) is 5.26 Å². The van der Waals surface area contributed by atoms with Crippen LogP contribution in [-0.2, 0) is 9.31 Å². The van der Waals surface area contributed by atoms with E-state index in [4.69, 9.17) is 9.31 Å². The Balaban J connectivity index is 1.74. The van der Waals surface area contributed by atoms with Gasteiger partial charge in [0, 0.05) is 18.2 Å². The largest absolute Gasteiger partial charge is 0.496 e. The van der Waals surface area contributed by atoms with Crippen LogP contribution in [0, 0.1) is 17.2 Å². The van der Waals surface area contributed by atoms with Gasteiger partial charge < -0.3 is 14.6 Å². The lowest BCUT2D eigenvalue weighted by atomic mass is 9.79. The first kappa shape index (κ1) is 17.3. The van der Waals surface area contributed by atoms with Crippen LogP contribution in [-0.4, -0.2) is 29.8 Å². The highest BCUT2D eigenvalue weighted by Gasteiger charge is 2.51. The van der Waals surface area contributed by atoms with Crippen LogP contribution in [0.4, 0.5) is 5.82 Å². The second-order valence-corrected chi connectivity index (χ2v) is 7.90. The van der Waals surface area contributed by atoms with E-state index in [0.717, 1.165) is 12.0 Å². The Kier molecular flexibility index (Phi) is 4.59. The summed E-state index contributed by atoms with van der Waals surface area (Å²) in [6.45, 7) is 8.95. The average molecular weight is 327 g/mol. The molecule has 2 fully saturated rings. The zero-order valence-electron chi connectivity index (χ0n) is 15.1. The zero-order chi connectivity index (χ0) is 17.4. The van der Waals surface area contributed by atoms with Crippen molar-refractivity contribution >= 4 is 18.4 Å². The Hall–Kier alpha value is -1.58. The summed E-state index contributed by atoms with van der Waals surface area (Å²) in [5, 5.41) is 12.8. The van der Waals surface area contributed by atoms with Crippen molar-refractivity contribution in [3.05, 3.63) is 17.8 Å². The molecule has 0 radical (unpaired) electrons. The second-order valence-electron chi connectivity index (χ2n) is 7.90. The Morgan fingerprint density at radius 3 is 2.46 bits per heavy atom. The van der Waals surface area contributed by atoms with Crippen molar-refractivity contribution in [3.63, 3.8) is 0 Å². The first-order valence-corrected chi connectivity index (χ1v) is 8.82. The van der Waals surface area contributed by atoms with Gasteiger partial charge in [-0.1, -0.05) is 12.8 Å². The zero-order valence-corrected chi connectivity index (χ0v) is 15.1. The van der Waals surface area contributed by atoms with E-state index in [2.05, 4.69) is 16.4 Å². The predicted octanol–water partition coefficient (Wildman–Crippen LogP) is 2.85. The van der Waals surface area contributed by atoms with E-state index < -0.39 is 18.3 Å². The number of nitrogens with zero attached hydrogens (tertiary/aromatic N) is 2. The smallest absolute Gasteiger partial charge is 0.399 e. The molecule has 1 saturated carbocycles. The Labute approximate surface area is 144 Å². The molecule has 6 heteroatoms. The minimum Gasteiger partial charge on any atom is -0.399 e. The molecule has 3 rings (SSSR count). The molecule has 1 aliphatic carbocycles. The van der Waals surface area contributed by atoms with Gasteiger partial charge in [-0.15, -0.1) is 0 Å². The molecule has 1 aromatic rings. The SMILES string of the molecule is CC1(C)OB(c2cnc(NCC3CCCC3)c(C#N)c2)OC1(C)C. The monoisotopic (exact) mass is 327 g/mol. The molecule has 0 aromatic carbocycles. The number of hydrogen-bond acceptors (Lipinski definition) is 5. The van der Waals surface area contributed by atoms with Crippen LogP contribution in [0.3, 0.4) is 0 Å². The molecular weight excluding hydrogens is 301 g/mol. The van der Waals surface area contributed by atoms with Crippen LogP contribution in [0.5, 0.6) is 0 Å². The van der Waals surface area contributed by atoms with Crippen molar-refractivity contribution in [2.24, 2.45) is 5.92 Å². The van der Waals surface area contributed by atoms with Gasteiger partial charge in [0.05, 0.1) is 16.8 Å². The van der Waals surface area contributed by atoms with E-state index in [0.29, 0.717) is 17.3 Å².